The molecule has 0 amide bonds. The fourth-order valence-electron chi connectivity index (χ4n) is 2.42. The van der Waals surface area contributed by atoms with E-state index in [-0.39, 0.29) is 6.42 Å². The molecule has 2 rings (SSSR count). The number of carbonyl (C=O) groups is 1. The van der Waals surface area contributed by atoms with E-state index < -0.39 is 12.1 Å². The van der Waals surface area contributed by atoms with Crippen molar-refractivity contribution in [3.8, 4) is 17.6 Å². The summed E-state index contributed by atoms with van der Waals surface area (Å²) in [5, 5.41) is 9.60. The van der Waals surface area contributed by atoms with Crippen molar-refractivity contribution in [3.05, 3.63) is 71.8 Å². The molecule has 0 aliphatic rings. The van der Waals surface area contributed by atoms with Crippen LogP contribution in [0, 0.1) is 19.0 Å². The zero-order valence-corrected chi connectivity index (χ0v) is 20.7. The maximum atomic E-state index is 11.2. The van der Waals surface area contributed by atoms with E-state index in [9.17, 15) is 9.90 Å². The van der Waals surface area contributed by atoms with Crippen LogP contribution in [-0.2, 0) is 16.0 Å². The fourth-order valence-corrected chi connectivity index (χ4v) is 4.61. The van der Waals surface area contributed by atoms with E-state index in [1.165, 1.54) is 0 Å². The lowest BCUT2D eigenvalue weighted by molar-refractivity contribution is -0.149. The molecule has 29 heavy (non-hydrogen) atoms. The standard InChI is InChI=1S/C22H19ClI2O4/c1-2-28-21(22(26)27)13-16-7-8-20(19(23)12-16)29-9-5-3-4-6-15-10-17(24)14-18(25)11-15/h3,5,7-8,10-12,14,21H,2,9,13H2,1H3,(H,26,27)/t21-/m0/s1. The number of carboxylic acids is 1. The minimum absolute atomic E-state index is 0.246. The zero-order chi connectivity index (χ0) is 21.2. The SMILES string of the molecule is CCO[C@@H](Cc1ccc(OCC=CC#Cc2cc(I)cc(I)c2)c(Cl)c1)C(=O)O. The number of ether oxygens (including phenoxy) is 2. The quantitative estimate of drug-likeness (QED) is 0.304. The van der Waals surface area contributed by atoms with E-state index in [1.807, 2.05) is 18.2 Å². The molecule has 0 spiro atoms. The molecule has 0 aliphatic carbocycles. The van der Waals surface area contributed by atoms with Gasteiger partial charge in [0.05, 0.1) is 5.02 Å². The van der Waals surface area contributed by atoms with Gasteiger partial charge < -0.3 is 14.6 Å². The first-order chi connectivity index (χ1) is 13.9. The van der Waals surface area contributed by atoms with Crippen molar-refractivity contribution in [3.63, 3.8) is 0 Å². The number of benzene rings is 2. The summed E-state index contributed by atoms with van der Waals surface area (Å²) in [5.41, 5.74) is 1.74. The molecule has 0 saturated carbocycles. The molecule has 152 valence electrons. The molecule has 0 aromatic heterocycles. The molecule has 7 heteroatoms. The highest BCUT2D eigenvalue weighted by Gasteiger charge is 2.18. The van der Waals surface area contributed by atoms with Crippen molar-refractivity contribution in [1.29, 1.82) is 0 Å². The summed E-state index contributed by atoms with van der Waals surface area (Å²) in [5.74, 6) is 5.62. The first kappa shape index (κ1) is 24.0. The number of rotatable bonds is 8. The van der Waals surface area contributed by atoms with Crippen molar-refractivity contribution in [1.82, 2.24) is 0 Å². The first-order valence-corrected chi connectivity index (χ1v) is 11.3. The molecule has 0 saturated heterocycles. The molecule has 4 nitrogen and oxygen atoms in total. The van der Waals surface area contributed by atoms with Crippen LogP contribution in [0.5, 0.6) is 5.75 Å². The average molecular weight is 637 g/mol. The summed E-state index contributed by atoms with van der Waals surface area (Å²) < 4.78 is 13.2. The Morgan fingerprint density at radius 1 is 1.24 bits per heavy atom. The van der Waals surface area contributed by atoms with Gasteiger partial charge in [-0.25, -0.2) is 4.79 Å². The number of aliphatic carboxylic acids is 1. The second-order valence-corrected chi connectivity index (χ2v) is 8.79. The number of allylic oxidation sites excluding steroid dienone is 1. The van der Waals surface area contributed by atoms with Crippen molar-refractivity contribution in [2.24, 2.45) is 0 Å². The maximum absolute atomic E-state index is 11.2. The van der Waals surface area contributed by atoms with Gasteiger partial charge in [0.15, 0.2) is 6.10 Å². The first-order valence-electron chi connectivity index (χ1n) is 8.77. The van der Waals surface area contributed by atoms with Crippen LogP contribution in [0.1, 0.15) is 18.1 Å². The van der Waals surface area contributed by atoms with Gasteiger partial charge in [-0.05, 0) is 100 Å². The van der Waals surface area contributed by atoms with Crippen LogP contribution in [0.15, 0.2) is 48.6 Å². The van der Waals surface area contributed by atoms with Crippen LogP contribution in [-0.4, -0.2) is 30.4 Å². The van der Waals surface area contributed by atoms with Gasteiger partial charge in [0, 0.05) is 25.7 Å². The Labute approximate surface area is 202 Å². The normalized spacial score (nSPS) is 11.7. The van der Waals surface area contributed by atoms with Gasteiger partial charge in [-0.3, -0.25) is 0 Å². The number of carboxylic acid groups (broad SMARTS) is 1. The third-order valence-electron chi connectivity index (χ3n) is 3.68. The minimum atomic E-state index is -0.991. The van der Waals surface area contributed by atoms with Gasteiger partial charge in [-0.1, -0.05) is 29.5 Å². The van der Waals surface area contributed by atoms with E-state index in [1.54, 1.807) is 31.2 Å². The highest BCUT2D eigenvalue weighted by molar-refractivity contribution is 14.1. The van der Waals surface area contributed by atoms with Gasteiger partial charge in [0.25, 0.3) is 0 Å². The van der Waals surface area contributed by atoms with Crippen LogP contribution in [0.2, 0.25) is 5.02 Å². The van der Waals surface area contributed by atoms with Crippen molar-refractivity contribution in [2.45, 2.75) is 19.4 Å². The number of hydrogen-bond donors (Lipinski definition) is 1. The summed E-state index contributed by atoms with van der Waals surface area (Å²) >= 11 is 10.8. The Kier molecular flexibility index (Phi) is 10.3. The molecule has 0 heterocycles. The second-order valence-electron chi connectivity index (χ2n) is 5.89. The van der Waals surface area contributed by atoms with Gasteiger partial charge in [0.1, 0.15) is 12.4 Å². The van der Waals surface area contributed by atoms with Gasteiger partial charge in [0.2, 0.25) is 0 Å². The van der Waals surface area contributed by atoms with Gasteiger partial charge in [-0.15, -0.1) is 0 Å². The topological polar surface area (TPSA) is 55.8 Å². The zero-order valence-electron chi connectivity index (χ0n) is 15.6. The molecule has 0 bridgehead atoms. The molecule has 1 N–H and O–H groups in total. The summed E-state index contributed by atoms with van der Waals surface area (Å²) in [4.78, 5) is 11.2. The Balaban J connectivity index is 1.90. The van der Waals surface area contributed by atoms with Crippen LogP contribution < -0.4 is 4.74 Å². The largest absolute Gasteiger partial charge is 0.488 e. The van der Waals surface area contributed by atoms with E-state index in [0.717, 1.165) is 18.3 Å². The second kappa shape index (κ2) is 12.4. The van der Waals surface area contributed by atoms with Crippen molar-refractivity contribution < 1.29 is 19.4 Å². The van der Waals surface area contributed by atoms with Crippen LogP contribution in [0.3, 0.4) is 0 Å². The van der Waals surface area contributed by atoms with Gasteiger partial charge in [-0.2, -0.15) is 0 Å². The number of hydrogen-bond acceptors (Lipinski definition) is 3. The monoisotopic (exact) mass is 636 g/mol. The summed E-state index contributed by atoms with van der Waals surface area (Å²) in [7, 11) is 0. The predicted octanol–water partition coefficient (Wildman–Crippen LogP) is 5.57. The van der Waals surface area contributed by atoms with E-state index in [2.05, 4.69) is 63.1 Å². The van der Waals surface area contributed by atoms with E-state index in [0.29, 0.717) is 24.0 Å². The Hall–Kier alpha value is -1.28. The lowest BCUT2D eigenvalue weighted by Crippen LogP contribution is -2.26. The Morgan fingerprint density at radius 2 is 1.97 bits per heavy atom. The lowest BCUT2D eigenvalue weighted by Gasteiger charge is -2.13. The molecule has 0 aliphatic heterocycles. The third-order valence-corrected chi connectivity index (χ3v) is 5.22. The molecule has 1 atom stereocenters. The molecule has 0 radical (unpaired) electrons. The highest BCUT2D eigenvalue weighted by atomic mass is 127. The molecular weight excluding hydrogens is 617 g/mol. The molecule has 2 aromatic carbocycles. The summed E-state index contributed by atoms with van der Waals surface area (Å²) in [6.45, 7) is 2.43. The number of halogens is 3. The van der Waals surface area contributed by atoms with E-state index >= 15 is 0 Å². The van der Waals surface area contributed by atoms with Crippen LogP contribution >= 0.6 is 56.8 Å². The third kappa shape index (κ3) is 8.54. The highest BCUT2D eigenvalue weighted by Crippen LogP contribution is 2.26. The van der Waals surface area contributed by atoms with Crippen molar-refractivity contribution >= 4 is 62.8 Å². The molecule has 0 fully saturated rings. The average Bonchev–Trinajstić information content (AvgIpc) is 2.64. The maximum Gasteiger partial charge on any atom is 0.333 e. The fraction of sp³-hybridized carbons (Fsp3) is 0.227. The summed E-state index contributed by atoms with van der Waals surface area (Å²) in [6, 6.07) is 11.4. The molecular formula is C22H19ClI2O4. The van der Waals surface area contributed by atoms with Crippen molar-refractivity contribution in [2.75, 3.05) is 13.2 Å². The minimum Gasteiger partial charge on any atom is -0.488 e. The van der Waals surface area contributed by atoms with E-state index in [4.69, 9.17) is 21.1 Å². The van der Waals surface area contributed by atoms with Crippen LogP contribution in [0.4, 0.5) is 0 Å². The molecule has 0 unspecified atom stereocenters. The Morgan fingerprint density at radius 3 is 2.59 bits per heavy atom. The lowest BCUT2D eigenvalue weighted by atomic mass is 10.1. The smallest absolute Gasteiger partial charge is 0.333 e. The van der Waals surface area contributed by atoms with Gasteiger partial charge >= 0.3 is 5.97 Å². The predicted molar refractivity (Wildman–Crippen MR) is 132 cm³/mol. The molecule has 2 aromatic rings. The Bertz CT molecular complexity index is 927. The van der Waals surface area contributed by atoms with Crippen LogP contribution in [0.25, 0.3) is 0 Å². The summed E-state index contributed by atoms with van der Waals surface area (Å²) in [6.07, 6.45) is 2.91.